The van der Waals surface area contributed by atoms with Crippen LogP contribution >= 0.6 is 23.2 Å². The van der Waals surface area contributed by atoms with Gasteiger partial charge in [-0.15, -0.1) is 0 Å². The fourth-order valence-electron chi connectivity index (χ4n) is 2.22. The molecule has 0 fully saturated rings. The number of hydrogen-bond acceptors (Lipinski definition) is 9. The summed E-state index contributed by atoms with van der Waals surface area (Å²) in [6.07, 6.45) is -3.85. The molecular formula is C22H24Cl2O10. The van der Waals surface area contributed by atoms with E-state index in [2.05, 4.69) is 11.3 Å². The van der Waals surface area contributed by atoms with Gasteiger partial charge in [0.1, 0.15) is 10.8 Å². The third-order valence-corrected chi connectivity index (χ3v) is 5.16. The van der Waals surface area contributed by atoms with Gasteiger partial charge in [0.15, 0.2) is 30.7 Å². The summed E-state index contributed by atoms with van der Waals surface area (Å²) < 4.78 is 19.6. The van der Waals surface area contributed by atoms with Gasteiger partial charge in [-0.3, -0.25) is 4.79 Å². The second-order valence-electron chi connectivity index (χ2n) is 6.94. The number of carboxylic acid groups (broad SMARTS) is 1. The van der Waals surface area contributed by atoms with Crippen molar-refractivity contribution in [3.8, 4) is 5.75 Å². The summed E-state index contributed by atoms with van der Waals surface area (Å²) in [7, 11) is 0. The molecule has 0 amide bonds. The molecule has 1 aromatic carbocycles. The number of esters is 3. The van der Waals surface area contributed by atoms with Crippen LogP contribution in [0.25, 0.3) is 0 Å². The Morgan fingerprint density at radius 3 is 1.97 bits per heavy atom. The number of aliphatic carboxylic acids is 1. The normalized spacial score (nSPS) is 13.1. The Hall–Kier alpha value is -3.11. The number of allylic oxidation sites excluding steroid dienone is 1. The summed E-state index contributed by atoms with van der Waals surface area (Å²) in [5, 5.41) is 8.56. The lowest BCUT2D eigenvalue weighted by Crippen LogP contribution is -2.36. The molecule has 186 valence electrons. The molecule has 0 aliphatic carbocycles. The van der Waals surface area contributed by atoms with E-state index in [1.807, 2.05) is 0 Å². The molecule has 0 aliphatic heterocycles. The van der Waals surface area contributed by atoms with E-state index >= 15 is 0 Å². The molecule has 0 bridgehead atoms. The molecule has 0 radical (unpaired) electrons. The van der Waals surface area contributed by atoms with Crippen LogP contribution in [0.2, 0.25) is 10.0 Å². The molecule has 3 unspecified atom stereocenters. The van der Waals surface area contributed by atoms with Gasteiger partial charge in [0.2, 0.25) is 0 Å². The third kappa shape index (κ3) is 8.03. The smallest absolute Gasteiger partial charge is 0.347 e. The van der Waals surface area contributed by atoms with E-state index in [-0.39, 0.29) is 27.1 Å². The Morgan fingerprint density at radius 1 is 0.912 bits per heavy atom. The van der Waals surface area contributed by atoms with Crippen molar-refractivity contribution in [1.82, 2.24) is 0 Å². The highest BCUT2D eigenvalue weighted by Gasteiger charge is 2.28. The van der Waals surface area contributed by atoms with Crippen LogP contribution in [0.5, 0.6) is 5.75 Å². The van der Waals surface area contributed by atoms with Crippen LogP contribution in [-0.2, 0) is 33.4 Å². The number of rotatable bonds is 12. The van der Waals surface area contributed by atoms with Gasteiger partial charge in [0, 0.05) is 5.56 Å². The molecule has 0 heterocycles. The zero-order chi connectivity index (χ0) is 26.2. The van der Waals surface area contributed by atoms with Crippen molar-refractivity contribution in [2.24, 2.45) is 0 Å². The van der Waals surface area contributed by atoms with Crippen LogP contribution in [0.4, 0.5) is 0 Å². The first kappa shape index (κ1) is 28.9. The number of carbonyl (C=O) groups is 5. The van der Waals surface area contributed by atoms with E-state index in [1.165, 1.54) is 26.0 Å². The van der Waals surface area contributed by atoms with Gasteiger partial charge in [0.25, 0.3) is 0 Å². The number of ether oxygens (including phenoxy) is 4. The van der Waals surface area contributed by atoms with Gasteiger partial charge in [-0.25, -0.2) is 19.2 Å². The van der Waals surface area contributed by atoms with Gasteiger partial charge in [-0.1, -0.05) is 36.7 Å². The number of carboxylic acids is 1. The van der Waals surface area contributed by atoms with E-state index in [9.17, 15) is 24.0 Å². The highest BCUT2D eigenvalue weighted by molar-refractivity contribution is 6.45. The zero-order valence-electron chi connectivity index (χ0n) is 18.9. The lowest BCUT2D eigenvalue weighted by Gasteiger charge is -2.18. The molecule has 0 aliphatic rings. The zero-order valence-corrected chi connectivity index (χ0v) is 20.4. The van der Waals surface area contributed by atoms with Crippen LogP contribution < -0.4 is 4.74 Å². The highest BCUT2D eigenvalue weighted by atomic mass is 35.5. The maximum absolute atomic E-state index is 12.3. The maximum Gasteiger partial charge on any atom is 0.347 e. The topological polar surface area (TPSA) is 143 Å². The van der Waals surface area contributed by atoms with Gasteiger partial charge < -0.3 is 24.1 Å². The Morgan fingerprint density at radius 2 is 1.44 bits per heavy atom. The minimum atomic E-state index is -1.43. The van der Waals surface area contributed by atoms with Gasteiger partial charge in [-0.2, -0.15) is 0 Å². The van der Waals surface area contributed by atoms with Gasteiger partial charge >= 0.3 is 23.9 Å². The van der Waals surface area contributed by atoms with Crippen molar-refractivity contribution in [3.05, 3.63) is 39.9 Å². The molecular weight excluding hydrogens is 495 g/mol. The van der Waals surface area contributed by atoms with Crippen molar-refractivity contribution >= 4 is 52.9 Å². The Balaban J connectivity index is 2.65. The minimum Gasteiger partial charge on any atom is -0.480 e. The second-order valence-corrected chi connectivity index (χ2v) is 7.70. The van der Waals surface area contributed by atoms with Crippen molar-refractivity contribution in [2.75, 3.05) is 6.61 Å². The summed E-state index contributed by atoms with van der Waals surface area (Å²) in [4.78, 5) is 58.7. The molecule has 0 saturated carbocycles. The first-order chi connectivity index (χ1) is 15.8. The average Bonchev–Trinajstić information content (AvgIpc) is 2.78. The van der Waals surface area contributed by atoms with E-state index < -0.39 is 48.8 Å². The molecule has 34 heavy (non-hydrogen) atoms. The molecule has 12 heteroatoms. The first-order valence-electron chi connectivity index (χ1n) is 9.96. The monoisotopic (exact) mass is 518 g/mol. The first-order valence-corrected chi connectivity index (χ1v) is 10.7. The van der Waals surface area contributed by atoms with E-state index in [0.717, 1.165) is 6.92 Å². The molecule has 10 nitrogen and oxygen atoms in total. The number of halogens is 2. The van der Waals surface area contributed by atoms with Crippen molar-refractivity contribution in [1.29, 1.82) is 0 Å². The lowest BCUT2D eigenvalue weighted by atomic mass is 10.0. The average molecular weight is 519 g/mol. The van der Waals surface area contributed by atoms with Crippen molar-refractivity contribution in [2.45, 2.75) is 52.4 Å². The Kier molecular flexibility index (Phi) is 11.0. The number of hydrogen-bond donors (Lipinski definition) is 1. The maximum atomic E-state index is 12.3. The van der Waals surface area contributed by atoms with Crippen LogP contribution in [-0.4, -0.2) is 59.7 Å². The summed E-state index contributed by atoms with van der Waals surface area (Å²) in [5.41, 5.74) is 0.477. The van der Waals surface area contributed by atoms with Crippen molar-refractivity contribution < 1.29 is 48.0 Å². The quantitative estimate of drug-likeness (QED) is 0.189. The molecule has 1 N–H and O–H groups in total. The molecule has 0 aromatic heterocycles. The lowest BCUT2D eigenvalue weighted by molar-refractivity contribution is -0.181. The van der Waals surface area contributed by atoms with Crippen molar-refractivity contribution in [3.63, 3.8) is 0 Å². The summed E-state index contributed by atoms with van der Waals surface area (Å²) in [6, 6.07) is 2.73. The van der Waals surface area contributed by atoms with Gasteiger partial charge in [-0.05, 0) is 44.9 Å². The summed E-state index contributed by atoms with van der Waals surface area (Å²) in [6.45, 7) is 8.27. The number of benzene rings is 1. The SMILES string of the molecule is C=C(CC)C(=O)c1ccc(OCC(=O)OC(C)C(=O)OC(C)C(=O)OC(C)C(=O)O)c(Cl)c1Cl. The summed E-state index contributed by atoms with van der Waals surface area (Å²) >= 11 is 12.3. The largest absolute Gasteiger partial charge is 0.480 e. The Bertz CT molecular complexity index is 988. The molecule has 0 saturated heterocycles. The van der Waals surface area contributed by atoms with Crippen LogP contribution in [0.3, 0.4) is 0 Å². The third-order valence-electron chi connectivity index (χ3n) is 4.29. The molecule has 1 rings (SSSR count). The number of ketones is 1. The highest BCUT2D eigenvalue weighted by Crippen LogP contribution is 2.35. The fourth-order valence-corrected chi connectivity index (χ4v) is 2.69. The van der Waals surface area contributed by atoms with Crippen LogP contribution in [0, 0.1) is 0 Å². The van der Waals surface area contributed by atoms with Gasteiger partial charge in [0.05, 0.1) is 5.02 Å². The predicted octanol–water partition coefficient (Wildman–Crippen LogP) is 3.40. The molecule has 1 aromatic rings. The number of Topliss-reactive ketones (excluding diaryl/α,β-unsaturated/α-hetero) is 1. The minimum absolute atomic E-state index is 0.00132. The number of carbonyl (C=O) groups excluding carboxylic acids is 4. The van der Waals surface area contributed by atoms with Crippen LogP contribution in [0.15, 0.2) is 24.3 Å². The molecule has 0 spiro atoms. The van der Waals surface area contributed by atoms with E-state index in [4.69, 9.17) is 42.5 Å². The summed E-state index contributed by atoms with van der Waals surface area (Å²) in [5.74, 6) is -4.86. The van der Waals surface area contributed by atoms with E-state index in [1.54, 1.807) is 6.92 Å². The second kappa shape index (κ2) is 13.0. The predicted molar refractivity (Wildman–Crippen MR) is 120 cm³/mol. The Labute approximate surface area is 205 Å². The fraction of sp³-hybridized carbons (Fsp3) is 0.409. The molecule has 3 atom stereocenters. The van der Waals surface area contributed by atoms with E-state index in [0.29, 0.717) is 12.0 Å². The standard InChI is InChI=1S/C22H24Cl2O10/c1-6-10(2)19(26)14-7-8-15(18(24)17(14)23)31-9-16(25)32-12(4)21(29)34-13(5)22(30)33-11(3)20(27)28/h7-8,11-13H,2,6,9H2,1,3-5H3,(H,27,28). The van der Waals surface area contributed by atoms with Crippen LogP contribution in [0.1, 0.15) is 44.5 Å².